The third-order valence-electron chi connectivity index (χ3n) is 5.58. The van der Waals surface area contributed by atoms with Crippen LogP contribution in [0.2, 0.25) is 0 Å². The van der Waals surface area contributed by atoms with Gasteiger partial charge >= 0.3 is 0 Å². The molecular weight excluding hydrogens is 292 g/mol. The summed E-state index contributed by atoms with van der Waals surface area (Å²) in [5, 5.41) is 1.41. The molecule has 0 saturated heterocycles. The largest absolute Gasteiger partial charge is 0.343 e. The van der Waals surface area contributed by atoms with Gasteiger partial charge in [-0.25, -0.2) is 0 Å². The van der Waals surface area contributed by atoms with Crippen LogP contribution >= 0.6 is 0 Å². The fraction of sp³-hybridized carbons (Fsp3) is 0.364. The highest BCUT2D eigenvalue weighted by Gasteiger charge is 2.24. The van der Waals surface area contributed by atoms with Crippen molar-refractivity contribution < 1.29 is 0 Å². The van der Waals surface area contributed by atoms with Crippen molar-refractivity contribution in [1.82, 2.24) is 4.57 Å². The van der Waals surface area contributed by atoms with Crippen molar-refractivity contribution >= 4 is 10.9 Å². The fourth-order valence-corrected chi connectivity index (χ4v) is 4.21. The van der Waals surface area contributed by atoms with E-state index in [-0.39, 0.29) is 0 Å². The standard InChI is InChI=1S/C22H26N2/c1-16-7-2-3-8-18(16)14-24-15-21(17-9-6-10-19(23)13-17)20-11-4-5-12-22(20)24/h2-5,7-8,11-12,15,17,19H,6,9-10,13-14,23H2,1H3. The zero-order valence-corrected chi connectivity index (χ0v) is 14.4. The van der Waals surface area contributed by atoms with E-state index in [1.807, 2.05) is 0 Å². The molecule has 24 heavy (non-hydrogen) atoms. The molecule has 1 aliphatic rings. The lowest BCUT2D eigenvalue weighted by atomic mass is 9.81. The number of benzene rings is 2. The maximum atomic E-state index is 6.25. The van der Waals surface area contributed by atoms with Gasteiger partial charge in [-0.15, -0.1) is 0 Å². The van der Waals surface area contributed by atoms with Crippen LogP contribution in [0.3, 0.4) is 0 Å². The zero-order valence-electron chi connectivity index (χ0n) is 14.4. The van der Waals surface area contributed by atoms with Crippen LogP contribution in [0.4, 0.5) is 0 Å². The summed E-state index contributed by atoms with van der Waals surface area (Å²) in [6.45, 7) is 3.13. The van der Waals surface area contributed by atoms with Crippen molar-refractivity contribution in [2.45, 2.75) is 51.1 Å². The molecular formula is C22H26N2. The van der Waals surface area contributed by atoms with Gasteiger partial charge in [-0.3, -0.25) is 0 Å². The van der Waals surface area contributed by atoms with Gasteiger partial charge < -0.3 is 10.3 Å². The summed E-state index contributed by atoms with van der Waals surface area (Å²) in [6.07, 6.45) is 7.21. The molecule has 124 valence electrons. The second-order valence-electron chi connectivity index (χ2n) is 7.28. The first-order valence-electron chi connectivity index (χ1n) is 9.10. The Balaban J connectivity index is 1.75. The summed E-state index contributed by atoms with van der Waals surface area (Å²) in [6, 6.07) is 17.9. The monoisotopic (exact) mass is 318 g/mol. The smallest absolute Gasteiger partial charge is 0.0486 e. The third-order valence-corrected chi connectivity index (χ3v) is 5.58. The van der Waals surface area contributed by atoms with Crippen molar-refractivity contribution in [2.75, 3.05) is 0 Å². The predicted molar refractivity (Wildman–Crippen MR) is 101 cm³/mol. The highest BCUT2D eigenvalue weighted by Crippen LogP contribution is 2.37. The van der Waals surface area contributed by atoms with Crippen molar-refractivity contribution in [1.29, 1.82) is 0 Å². The number of nitrogens with two attached hydrogens (primary N) is 1. The van der Waals surface area contributed by atoms with Gasteiger partial charge in [-0.1, -0.05) is 48.9 Å². The molecule has 0 amide bonds. The van der Waals surface area contributed by atoms with Crippen molar-refractivity contribution in [2.24, 2.45) is 5.73 Å². The van der Waals surface area contributed by atoms with Gasteiger partial charge in [-0.2, -0.15) is 0 Å². The van der Waals surface area contributed by atoms with Crippen LogP contribution in [0.15, 0.2) is 54.7 Å². The molecule has 0 bridgehead atoms. The summed E-state index contributed by atoms with van der Waals surface area (Å²) in [5.41, 5.74) is 11.8. The lowest BCUT2D eigenvalue weighted by Crippen LogP contribution is -2.26. The second kappa shape index (κ2) is 6.45. The Morgan fingerprint density at radius 1 is 1.04 bits per heavy atom. The van der Waals surface area contributed by atoms with Crippen LogP contribution in [0.5, 0.6) is 0 Å². The van der Waals surface area contributed by atoms with Crippen LogP contribution in [0, 0.1) is 6.92 Å². The molecule has 0 spiro atoms. The van der Waals surface area contributed by atoms with E-state index in [0.717, 1.165) is 13.0 Å². The molecule has 0 radical (unpaired) electrons. The molecule has 0 aliphatic heterocycles. The SMILES string of the molecule is Cc1ccccc1Cn1cc(C2CCCC(N)C2)c2ccccc21. The highest BCUT2D eigenvalue weighted by molar-refractivity contribution is 5.84. The molecule has 4 rings (SSSR count). The topological polar surface area (TPSA) is 30.9 Å². The van der Waals surface area contributed by atoms with Gasteiger partial charge in [0.25, 0.3) is 0 Å². The van der Waals surface area contributed by atoms with Gasteiger partial charge in [0.2, 0.25) is 0 Å². The fourth-order valence-electron chi connectivity index (χ4n) is 4.21. The Bertz CT molecular complexity index is 846. The second-order valence-corrected chi connectivity index (χ2v) is 7.28. The van der Waals surface area contributed by atoms with Gasteiger partial charge in [0, 0.05) is 29.7 Å². The lowest BCUT2D eigenvalue weighted by molar-refractivity contribution is 0.394. The Labute approximate surface area is 144 Å². The first kappa shape index (κ1) is 15.5. The summed E-state index contributed by atoms with van der Waals surface area (Å²) in [4.78, 5) is 0. The number of hydrogen-bond donors (Lipinski definition) is 1. The van der Waals surface area contributed by atoms with Crippen LogP contribution in [0.1, 0.15) is 48.3 Å². The van der Waals surface area contributed by atoms with E-state index in [4.69, 9.17) is 5.73 Å². The van der Waals surface area contributed by atoms with Gasteiger partial charge in [0.1, 0.15) is 0 Å². The third kappa shape index (κ3) is 2.87. The molecule has 2 aromatic carbocycles. The van der Waals surface area contributed by atoms with E-state index in [1.54, 1.807) is 0 Å². The Hall–Kier alpha value is -2.06. The first-order chi connectivity index (χ1) is 11.7. The molecule has 2 atom stereocenters. The average molecular weight is 318 g/mol. The molecule has 1 aromatic heterocycles. The van der Waals surface area contributed by atoms with Crippen LogP contribution in [-0.2, 0) is 6.54 Å². The summed E-state index contributed by atoms with van der Waals surface area (Å²) in [5.74, 6) is 0.608. The number of aromatic nitrogens is 1. The zero-order chi connectivity index (χ0) is 16.5. The minimum absolute atomic E-state index is 0.363. The summed E-state index contributed by atoms with van der Waals surface area (Å²) < 4.78 is 2.42. The molecule has 1 saturated carbocycles. The number of fused-ring (bicyclic) bond motifs is 1. The summed E-state index contributed by atoms with van der Waals surface area (Å²) in [7, 11) is 0. The Morgan fingerprint density at radius 2 is 1.83 bits per heavy atom. The minimum atomic E-state index is 0.363. The van der Waals surface area contributed by atoms with Crippen LogP contribution in [0.25, 0.3) is 10.9 Å². The maximum absolute atomic E-state index is 6.25. The normalized spacial score (nSPS) is 21.2. The average Bonchev–Trinajstić information content (AvgIpc) is 2.96. The first-order valence-corrected chi connectivity index (χ1v) is 9.10. The Morgan fingerprint density at radius 3 is 2.67 bits per heavy atom. The number of rotatable bonds is 3. The molecule has 2 N–H and O–H groups in total. The van der Waals surface area contributed by atoms with Gasteiger partial charge in [0.15, 0.2) is 0 Å². The van der Waals surface area contributed by atoms with E-state index in [0.29, 0.717) is 12.0 Å². The van der Waals surface area contributed by atoms with Crippen molar-refractivity contribution in [3.63, 3.8) is 0 Å². The van der Waals surface area contributed by atoms with Crippen LogP contribution in [-0.4, -0.2) is 10.6 Å². The minimum Gasteiger partial charge on any atom is -0.343 e. The van der Waals surface area contributed by atoms with E-state index < -0.39 is 0 Å². The number of nitrogens with zero attached hydrogens (tertiary/aromatic N) is 1. The summed E-state index contributed by atoms with van der Waals surface area (Å²) >= 11 is 0. The molecule has 1 heterocycles. The quantitative estimate of drug-likeness (QED) is 0.725. The molecule has 3 aromatic rings. The Kier molecular flexibility index (Phi) is 4.15. The molecule has 2 heteroatoms. The molecule has 2 unspecified atom stereocenters. The van der Waals surface area contributed by atoms with E-state index in [9.17, 15) is 0 Å². The highest BCUT2D eigenvalue weighted by atomic mass is 15.0. The lowest BCUT2D eigenvalue weighted by Gasteiger charge is -2.26. The molecule has 2 nitrogen and oxygen atoms in total. The van der Waals surface area contributed by atoms with E-state index in [2.05, 4.69) is 66.2 Å². The van der Waals surface area contributed by atoms with Crippen molar-refractivity contribution in [3.8, 4) is 0 Å². The van der Waals surface area contributed by atoms with Gasteiger partial charge in [-0.05, 0) is 54.9 Å². The number of aryl methyl sites for hydroxylation is 1. The van der Waals surface area contributed by atoms with E-state index >= 15 is 0 Å². The van der Waals surface area contributed by atoms with Gasteiger partial charge in [0.05, 0.1) is 0 Å². The molecule has 1 aliphatic carbocycles. The molecule has 1 fully saturated rings. The van der Waals surface area contributed by atoms with Crippen molar-refractivity contribution in [3.05, 3.63) is 71.4 Å². The predicted octanol–water partition coefficient (Wildman–Crippen LogP) is 4.98. The van der Waals surface area contributed by atoms with Crippen LogP contribution < -0.4 is 5.73 Å². The number of hydrogen-bond acceptors (Lipinski definition) is 1. The number of para-hydroxylation sites is 1. The maximum Gasteiger partial charge on any atom is 0.0486 e. The van der Waals surface area contributed by atoms with E-state index in [1.165, 1.54) is 46.9 Å².